The number of nitrogens with zero attached hydrogens (tertiary/aromatic N) is 7. The summed E-state index contributed by atoms with van der Waals surface area (Å²) in [5.74, 6) is -1.45. The van der Waals surface area contributed by atoms with Crippen LogP contribution in [0.15, 0.2) is 48.8 Å². The summed E-state index contributed by atoms with van der Waals surface area (Å²) in [6.07, 6.45) is 1.10. The van der Waals surface area contributed by atoms with Crippen LogP contribution >= 0.6 is 25.1 Å². The van der Waals surface area contributed by atoms with Gasteiger partial charge in [-0.25, -0.2) is 11.0 Å². The molecule has 0 unspecified atom stereocenters. The molecular formula is C33H39ClFN7O2S. The van der Waals surface area contributed by atoms with E-state index >= 15 is 0 Å². The van der Waals surface area contributed by atoms with Crippen molar-refractivity contribution in [2.45, 2.75) is 31.8 Å². The van der Waals surface area contributed by atoms with Crippen molar-refractivity contribution in [1.29, 1.82) is 0 Å². The van der Waals surface area contributed by atoms with Crippen LogP contribution in [0, 0.1) is 12.0 Å². The Balaban J connectivity index is 0.00000468. The Morgan fingerprint density at radius 1 is 1.22 bits per heavy atom. The second-order valence-electron chi connectivity index (χ2n) is 11.7. The van der Waals surface area contributed by atoms with E-state index in [1.165, 1.54) is 9.80 Å². The Labute approximate surface area is 281 Å². The van der Waals surface area contributed by atoms with Gasteiger partial charge in [-0.1, -0.05) is 42.4 Å². The normalized spacial score (nSPS) is 20.6. The van der Waals surface area contributed by atoms with Crippen molar-refractivity contribution >= 4 is 53.3 Å². The van der Waals surface area contributed by atoms with Gasteiger partial charge < -0.3 is 29.2 Å². The van der Waals surface area contributed by atoms with Gasteiger partial charge in [0.15, 0.2) is 5.83 Å². The van der Waals surface area contributed by atoms with Crippen LogP contribution < -0.4 is 14.5 Å². The minimum absolute atomic E-state index is 0. The predicted molar refractivity (Wildman–Crippen MR) is 181 cm³/mol. The summed E-state index contributed by atoms with van der Waals surface area (Å²) in [4.78, 5) is 32.3. The first kappa shape index (κ1) is 27.7. The maximum Gasteiger partial charge on any atom is 0.318 e. The summed E-state index contributed by atoms with van der Waals surface area (Å²) in [6.45, 7) is 7.64. The Kier molecular flexibility index (Phi) is 8.25. The summed E-state index contributed by atoms with van der Waals surface area (Å²) in [5.41, 5.74) is 0.926. The molecule has 6 rings (SSSR count). The molecule has 3 aliphatic rings. The number of hydrogen-bond acceptors (Lipinski definition) is 7. The molecule has 12 heteroatoms. The first-order valence-corrected chi connectivity index (χ1v) is 15.0. The number of carbonyl (C=O) groups excluding carboxylic acids is 1. The first-order chi connectivity index (χ1) is 22.7. The number of benzene rings is 2. The topological polar surface area (TPSA) is 69.4 Å². The van der Waals surface area contributed by atoms with Gasteiger partial charge >= 0.3 is 6.01 Å². The monoisotopic (exact) mass is 655 g/mol. The van der Waals surface area contributed by atoms with Crippen LogP contribution in [0.25, 0.3) is 15.6 Å². The number of rotatable bonds is 9. The fraction of sp³-hybridized carbons (Fsp3) is 0.455. The van der Waals surface area contributed by atoms with Gasteiger partial charge in [0.05, 0.1) is 26.6 Å². The van der Waals surface area contributed by atoms with Crippen LogP contribution in [0.1, 0.15) is 29.6 Å². The van der Waals surface area contributed by atoms with Gasteiger partial charge in [-0.15, -0.1) is 0 Å². The number of carbonyl (C=O) groups is 1. The van der Waals surface area contributed by atoms with Crippen LogP contribution in [0.5, 0.6) is 6.01 Å². The van der Waals surface area contributed by atoms with E-state index < -0.39 is 36.2 Å². The van der Waals surface area contributed by atoms with Crippen molar-refractivity contribution in [3.8, 4) is 6.01 Å². The predicted octanol–water partition coefficient (Wildman–Crippen LogP) is 5.10. The number of piperazine rings is 1. The van der Waals surface area contributed by atoms with Crippen LogP contribution in [0.4, 0.5) is 15.9 Å². The van der Waals surface area contributed by atoms with E-state index in [-0.39, 0.29) is 58.5 Å². The average molecular weight is 656 g/mol. The summed E-state index contributed by atoms with van der Waals surface area (Å²) in [5, 5.41) is 2.52. The standard InChI is InChI=1S/C33H37ClFN7O2.H2S/c1-22(35)31(43)42-16-15-41(18-24(42)17-36-2)30-25-11-14-40(28-10-6-8-23-7-5-9-26(34)29(23)28)19-27(25)37-32(38-30)44-21-33(12-13-33)20-39(3)4;/h5-10,24H,1,11-21H2,3-4H3;1H2/t24-;/m0./s1/i20D2,21D2;. The number of hydrogen-bond donors (Lipinski definition) is 0. The fourth-order valence-corrected chi connectivity index (χ4v) is 6.39. The number of anilines is 2. The minimum Gasteiger partial charge on any atom is -0.463 e. The fourth-order valence-electron chi connectivity index (χ4n) is 6.11. The van der Waals surface area contributed by atoms with Gasteiger partial charge in [-0.05, 0) is 50.9 Å². The largest absolute Gasteiger partial charge is 0.463 e. The lowest BCUT2D eigenvalue weighted by atomic mass is 10.0. The Bertz CT molecular complexity index is 1820. The molecule has 2 aromatic carbocycles. The van der Waals surface area contributed by atoms with Crippen LogP contribution in [-0.2, 0) is 17.8 Å². The number of aromatic nitrogens is 2. The summed E-state index contributed by atoms with van der Waals surface area (Å²) >= 11 is 6.67. The molecule has 1 saturated heterocycles. The zero-order valence-corrected chi connectivity index (χ0v) is 27.1. The molecule has 1 aliphatic carbocycles. The highest BCUT2D eigenvalue weighted by Crippen LogP contribution is 2.46. The molecule has 45 heavy (non-hydrogen) atoms. The third kappa shape index (κ3) is 6.83. The smallest absolute Gasteiger partial charge is 0.318 e. The van der Waals surface area contributed by atoms with Crippen molar-refractivity contribution in [1.82, 2.24) is 19.8 Å². The summed E-state index contributed by atoms with van der Waals surface area (Å²) in [6, 6.07) is 10.9. The highest BCUT2D eigenvalue weighted by atomic mass is 35.5. The molecule has 0 spiro atoms. The molecule has 1 atom stereocenters. The van der Waals surface area contributed by atoms with Gasteiger partial charge in [0.1, 0.15) is 11.9 Å². The molecule has 2 fully saturated rings. The Morgan fingerprint density at radius 3 is 2.67 bits per heavy atom. The van der Waals surface area contributed by atoms with E-state index in [4.69, 9.17) is 38.4 Å². The zero-order valence-electron chi connectivity index (χ0n) is 29.3. The number of amides is 1. The van der Waals surface area contributed by atoms with Crippen LogP contribution in [-0.4, -0.2) is 91.6 Å². The molecule has 3 heterocycles. The second-order valence-corrected chi connectivity index (χ2v) is 12.1. The highest BCUT2D eigenvalue weighted by Gasteiger charge is 2.44. The van der Waals surface area contributed by atoms with Crippen molar-refractivity contribution in [3.63, 3.8) is 0 Å². The van der Waals surface area contributed by atoms with Crippen molar-refractivity contribution in [3.05, 3.63) is 76.5 Å². The maximum absolute atomic E-state index is 13.9. The Morgan fingerprint density at radius 2 is 1.98 bits per heavy atom. The molecule has 3 aromatic rings. The van der Waals surface area contributed by atoms with Gasteiger partial charge in [-0.2, -0.15) is 23.5 Å². The van der Waals surface area contributed by atoms with Crippen molar-refractivity contribution in [2.75, 3.05) is 69.7 Å². The van der Waals surface area contributed by atoms with E-state index in [0.29, 0.717) is 36.0 Å². The summed E-state index contributed by atoms with van der Waals surface area (Å²) in [7, 11) is 3.14. The van der Waals surface area contributed by atoms with Gasteiger partial charge in [0.2, 0.25) is 6.54 Å². The lowest BCUT2D eigenvalue weighted by molar-refractivity contribution is -0.131. The lowest BCUT2D eigenvalue weighted by Gasteiger charge is -2.41. The van der Waals surface area contributed by atoms with Gasteiger partial charge in [0.25, 0.3) is 5.91 Å². The third-order valence-electron chi connectivity index (χ3n) is 8.30. The van der Waals surface area contributed by atoms with E-state index in [9.17, 15) is 9.18 Å². The Hall–Kier alpha value is -3.59. The van der Waals surface area contributed by atoms with E-state index in [1.54, 1.807) is 14.1 Å². The molecule has 0 bridgehead atoms. The SMILES string of the molecule is S.[2H]C([2H])(Oc1nc2c(c(N3CCN(C(=O)C(=C)F)[C@@H](C[N+]#[C-])C3)n1)CCN(c1cccc3cccc(Cl)c13)C2)C1(C([2H])([2H])N(C)C)CC1. The van der Waals surface area contributed by atoms with Crippen LogP contribution in [0.3, 0.4) is 0 Å². The number of ether oxygens (including phenoxy) is 1. The second kappa shape index (κ2) is 13.4. The molecule has 238 valence electrons. The number of halogens is 2. The zero-order chi connectivity index (χ0) is 34.6. The average Bonchev–Trinajstić information content (AvgIpc) is 3.87. The lowest BCUT2D eigenvalue weighted by Crippen LogP contribution is -2.57. The van der Waals surface area contributed by atoms with Crippen molar-refractivity contribution < 1.29 is 19.4 Å². The third-order valence-corrected chi connectivity index (χ3v) is 8.61. The molecule has 1 amide bonds. The van der Waals surface area contributed by atoms with E-state index in [0.717, 1.165) is 22.0 Å². The summed E-state index contributed by atoms with van der Waals surface area (Å²) < 4.78 is 55.2. The molecule has 0 N–H and O–H groups in total. The van der Waals surface area contributed by atoms with Gasteiger partial charge in [-0.3, -0.25) is 4.79 Å². The van der Waals surface area contributed by atoms with E-state index in [2.05, 4.69) is 16.3 Å². The van der Waals surface area contributed by atoms with E-state index in [1.807, 2.05) is 41.3 Å². The highest BCUT2D eigenvalue weighted by molar-refractivity contribution is 7.59. The molecular weight excluding hydrogens is 613 g/mol. The van der Waals surface area contributed by atoms with Crippen molar-refractivity contribution in [2.24, 2.45) is 5.41 Å². The number of fused-ring (bicyclic) bond motifs is 2. The molecule has 2 aliphatic heterocycles. The maximum atomic E-state index is 13.9. The molecule has 1 saturated carbocycles. The first-order valence-electron chi connectivity index (χ1n) is 16.6. The molecule has 1 aromatic heterocycles. The quantitative estimate of drug-likeness (QED) is 0.235. The molecule has 9 nitrogen and oxygen atoms in total. The molecule has 0 radical (unpaired) electrons. The minimum atomic E-state index is -2.46. The van der Waals surface area contributed by atoms with Crippen LogP contribution in [0.2, 0.25) is 5.02 Å². The van der Waals surface area contributed by atoms with Gasteiger partial charge in [0, 0.05) is 57.5 Å².